The van der Waals surface area contributed by atoms with Gasteiger partial charge in [-0.25, -0.2) is 5.43 Å². The topological polar surface area (TPSA) is 68.5 Å². The van der Waals surface area contributed by atoms with E-state index in [9.17, 15) is 4.79 Å². The number of benzene rings is 1. The average Bonchev–Trinajstić information content (AvgIpc) is 2.84. The van der Waals surface area contributed by atoms with Gasteiger partial charge in [0.1, 0.15) is 5.75 Å². The summed E-state index contributed by atoms with van der Waals surface area (Å²) in [4.78, 5) is 11.8. The van der Waals surface area contributed by atoms with Crippen molar-refractivity contribution in [2.45, 2.75) is 13.0 Å². The molecule has 1 unspecified atom stereocenters. The van der Waals surface area contributed by atoms with Crippen molar-refractivity contribution in [3.05, 3.63) is 46.7 Å². The number of hydrazone groups is 1. The maximum Gasteiger partial charge on any atom is 0.280 e. The van der Waals surface area contributed by atoms with E-state index >= 15 is 0 Å². The van der Waals surface area contributed by atoms with Crippen molar-refractivity contribution in [2.24, 2.45) is 12.1 Å². The van der Waals surface area contributed by atoms with Crippen molar-refractivity contribution in [1.82, 2.24) is 15.2 Å². The standard InChI is InChI=1S/C14H15BrN4O2/c1-10(21-13-5-3-4-12(15)6-13)14(20)18-16-7-11-8-17-19(2)9-11/h3-10H,1-2H3,(H,18,20). The smallest absolute Gasteiger partial charge is 0.280 e. The van der Waals surface area contributed by atoms with E-state index in [-0.39, 0.29) is 5.91 Å². The highest BCUT2D eigenvalue weighted by atomic mass is 79.9. The van der Waals surface area contributed by atoms with Crippen LogP contribution in [-0.2, 0) is 11.8 Å². The second-order valence-corrected chi connectivity index (χ2v) is 5.31. The molecule has 0 spiro atoms. The lowest BCUT2D eigenvalue weighted by Crippen LogP contribution is -2.33. The Labute approximate surface area is 130 Å². The van der Waals surface area contributed by atoms with Crippen molar-refractivity contribution in [3.63, 3.8) is 0 Å². The Morgan fingerprint density at radius 3 is 3.05 bits per heavy atom. The Kier molecular flexibility index (Phi) is 5.10. The number of carbonyl (C=O) groups is 1. The quantitative estimate of drug-likeness (QED) is 0.663. The van der Waals surface area contributed by atoms with Gasteiger partial charge in [-0.1, -0.05) is 22.0 Å². The number of hydrogen-bond acceptors (Lipinski definition) is 4. The highest BCUT2D eigenvalue weighted by Gasteiger charge is 2.13. The SMILES string of the molecule is CC(Oc1cccc(Br)c1)C(=O)NN=Cc1cnn(C)c1. The monoisotopic (exact) mass is 350 g/mol. The fourth-order valence-corrected chi connectivity index (χ4v) is 1.94. The Bertz CT molecular complexity index is 654. The zero-order valence-electron chi connectivity index (χ0n) is 11.7. The van der Waals surface area contributed by atoms with Gasteiger partial charge in [0.2, 0.25) is 0 Å². The minimum atomic E-state index is -0.648. The predicted molar refractivity (Wildman–Crippen MR) is 83.2 cm³/mol. The minimum absolute atomic E-state index is 0.324. The first-order chi connectivity index (χ1) is 10.0. The van der Waals surface area contributed by atoms with Crippen LogP contribution in [0.1, 0.15) is 12.5 Å². The lowest BCUT2D eigenvalue weighted by molar-refractivity contribution is -0.127. The zero-order valence-corrected chi connectivity index (χ0v) is 13.2. The molecule has 0 aliphatic rings. The molecule has 1 heterocycles. The molecule has 0 saturated heterocycles. The van der Waals surface area contributed by atoms with Gasteiger partial charge < -0.3 is 4.74 Å². The number of ether oxygens (including phenoxy) is 1. The van der Waals surface area contributed by atoms with Gasteiger partial charge in [0.05, 0.1) is 12.4 Å². The third-order valence-electron chi connectivity index (χ3n) is 2.59. The summed E-state index contributed by atoms with van der Waals surface area (Å²) < 4.78 is 8.08. The highest BCUT2D eigenvalue weighted by molar-refractivity contribution is 9.10. The molecule has 6 nitrogen and oxygen atoms in total. The zero-order chi connectivity index (χ0) is 15.2. The van der Waals surface area contributed by atoms with Crippen LogP contribution < -0.4 is 10.2 Å². The number of hydrogen-bond donors (Lipinski definition) is 1. The summed E-state index contributed by atoms with van der Waals surface area (Å²) >= 11 is 3.35. The van der Waals surface area contributed by atoms with E-state index in [1.165, 1.54) is 6.21 Å². The number of aromatic nitrogens is 2. The van der Waals surface area contributed by atoms with Gasteiger partial charge in [0.25, 0.3) is 5.91 Å². The minimum Gasteiger partial charge on any atom is -0.481 e. The number of rotatable bonds is 5. The average molecular weight is 351 g/mol. The fraction of sp³-hybridized carbons (Fsp3) is 0.214. The van der Waals surface area contributed by atoms with E-state index in [2.05, 4.69) is 31.6 Å². The second-order valence-electron chi connectivity index (χ2n) is 4.40. The first-order valence-corrected chi connectivity index (χ1v) is 7.07. The molecular formula is C14H15BrN4O2. The molecule has 2 rings (SSSR count). The Balaban J connectivity index is 1.86. The van der Waals surface area contributed by atoms with E-state index in [1.807, 2.05) is 19.2 Å². The van der Waals surface area contributed by atoms with Crippen molar-refractivity contribution in [1.29, 1.82) is 0 Å². The molecule has 1 aromatic carbocycles. The van der Waals surface area contributed by atoms with Crippen molar-refractivity contribution in [2.75, 3.05) is 0 Å². The summed E-state index contributed by atoms with van der Waals surface area (Å²) in [5.74, 6) is 0.290. The van der Waals surface area contributed by atoms with E-state index in [1.54, 1.807) is 36.1 Å². The van der Waals surface area contributed by atoms with Gasteiger partial charge in [0.15, 0.2) is 6.10 Å². The van der Waals surface area contributed by atoms with Crippen LogP contribution in [0.15, 0.2) is 46.2 Å². The number of amides is 1. The summed E-state index contributed by atoms with van der Waals surface area (Å²) in [5.41, 5.74) is 3.24. The van der Waals surface area contributed by atoms with Gasteiger partial charge in [-0.2, -0.15) is 10.2 Å². The van der Waals surface area contributed by atoms with Crippen LogP contribution in [0.2, 0.25) is 0 Å². The molecule has 1 amide bonds. The molecule has 1 aromatic heterocycles. The Morgan fingerprint density at radius 2 is 2.38 bits per heavy atom. The summed E-state index contributed by atoms with van der Waals surface area (Å²) in [6, 6.07) is 7.30. The van der Waals surface area contributed by atoms with E-state index in [0.29, 0.717) is 5.75 Å². The lowest BCUT2D eigenvalue weighted by Gasteiger charge is -2.12. The van der Waals surface area contributed by atoms with Crippen molar-refractivity contribution in [3.8, 4) is 5.75 Å². The molecule has 0 saturated carbocycles. The summed E-state index contributed by atoms with van der Waals surface area (Å²) in [7, 11) is 1.81. The second kappa shape index (κ2) is 7.03. The van der Waals surface area contributed by atoms with Gasteiger partial charge in [0, 0.05) is 23.3 Å². The maximum atomic E-state index is 11.8. The molecule has 0 aliphatic heterocycles. The third kappa shape index (κ3) is 4.71. The molecule has 1 N–H and O–H groups in total. The molecular weight excluding hydrogens is 336 g/mol. The van der Waals surface area contributed by atoms with Crippen LogP contribution in [-0.4, -0.2) is 28.0 Å². The highest BCUT2D eigenvalue weighted by Crippen LogP contribution is 2.18. The largest absolute Gasteiger partial charge is 0.481 e. The van der Waals surface area contributed by atoms with Crippen molar-refractivity contribution < 1.29 is 9.53 Å². The van der Waals surface area contributed by atoms with E-state index < -0.39 is 6.10 Å². The van der Waals surface area contributed by atoms with Gasteiger partial charge in [-0.15, -0.1) is 0 Å². The number of carbonyl (C=O) groups excluding carboxylic acids is 1. The molecule has 0 radical (unpaired) electrons. The summed E-state index contributed by atoms with van der Waals surface area (Å²) in [6.07, 6.45) is 4.32. The van der Waals surface area contributed by atoms with Gasteiger partial charge >= 0.3 is 0 Å². The molecule has 1 atom stereocenters. The number of aryl methyl sites for hydroxylation is 1. The summed E-state index contributed by atoms with van der Waals surface area (Å²) in [6.45, 7) is 1.66. The van der Waals surface area contributed by atoms with Crippen LogP contribution in [0.5, 0.6) is 5.75 Å². The van der Waals surface area contributed by atoms with E-state index in [0.717, 1.165) is 10.0 Å². The van der Waals surface area contributed by atoms with Crippen LogP contribution in [0.3, 0.4) is 0 Å². The summed E-state index contributed by atoms with van der Waals surface area (Å²) in [5, 5.41) is 7.87. The van der Waals surface area contributed by atoms with Crippen LogP contribution in [0.25, 0.3) is 0 Å². The Morgan fingerprint density at radius 1 is 1.57 bits per heavy atom. The molecule has 0 fully saturated rings. The predicted octanol–water partition coefficient (Wildman–Crippen LogP) is 2.10. The molecule has 21 heavy (non-hydrogen) atoms. The maximum absolute atomic E-state index is 11.8. The van der Waals surface area contributed by atoms with Crippen LogP contribution >= 0.6 is 15.9 Å². The first-order valence-electron chi connectivity index (χ1n) is 6.28. The number of halogens is 1. The fourth-order valence-electron chi connectivity index (χ4n) is 1.57. The van der Waals surface area contributed by atoms with Crippen LogP contribution in [0, 0.1) is 0 Å². The van der Waals surface area contributed by atoms with Crippen LogP contribution in [0.4, 0.5) is 0 Å². The lowest BCUT2D eigenvalue weighted by atomic mass is 10.3. The third-order valence-corrected chi connectivity index (χ3v) is 3.08. The van der Waals surface area contributed by atoms with Gasteiger partial charge in [-0.3, -0.25) is 9.48 Å². The number of nitrogens with zero attached hydrogens (tertiary/aromatic N) is 3. The van der Waals surface area contributed by atoms with Crippen molar-refractivity contribution >= 4 is 28.1 Å². The molecule has 0 aliphatic carbocycles. The normalized spacial score (nSPS) is 12.3. The molecule has 2 aromatic rings. The van der Waals surface area contributed by atoms with E-state index in [4.69, 9.17) is 4.74 Å². The molecule has 0 bridgehead atoms. The first kappa shape index (κ1) is 15.2. The molecule has 110 valence electrons. The number of nitrogens with one attached hydrogen (secondary N) is 1. The molecule has 7 heteroatoms. The Hall–Kier alpha value is -2.15. The van der Waals surface area contributed by atoms with Gasteiger partial charge in [-0.05, 0) is 25.1 Å².